The minimum Gasteiger partial charge on any atom is -0.461 e. The Kier molecular flexibility index (Phi) is 6.56. The molecule has 1 rings (SSSR count). The molecule has 112 valence electrons. The molecule has 2 unspecified atom stereocenters. The summed E-state index contributed by atoms with van der Waals surface area (Å²) >= 11 is 1.07. The highest BCUT2D eigenvalue weighted by Gasteiger charge is 2.23. The number of rotatable bonds is 7. The number of hydrogen-bond donors (Lipinski definition) is 3. The van der Waals surface area contributed by atoms with Gasteiger partial charge in [-0.25, -0.2) is 9.78 Å². The van der Waals surface area contributed by atoms with Crippen molar-refractivity contribution in [3.63, 3.8) is 0 Å². The van der Waals surface area contributed by atoms with Crippen molar-refractivity contribution in [2.75, 3.05) is 13.2 Å². The van der Waals surface area contributed by atoms with Gasteiger partial charge in [0.1, 0.15) is 11.1 Å². The van der Waals surface area contributed by atoms with Gasteiger partial charge in [0, 0.05) is 18.8 Å². The average molecular weight is 302 g/mol. The van der Waals surface area contributed by atoms with Crippen molar-refractivity contribution in [2.45, 2.75) is 32.5 Å². The van der Waals surface area contributed by atoms with Crippen molar-refractivity contribution in [3.8, 4) is 0 Å². The van der Waals surface area contributed by atoms with Crippen LogP contribution in [0, 0.1) is 0 Å². The molecule has 8 heteroatoms. The lowest BCUT2D eigenvalue weighted by molar-refractivity contribution is -0.119. The third kappa shape index (κ3) is 4.87. The number of ether oxygens (including phenoxy) is 1. The van der Waals surface area contributed by atoms with Crippen molar-refractivity contribution in [1.29, 1.82) is 0 Å². The summed E-state index contributed by atoms with van der Waals surface area (Å²) in [5.41, 5.74) is 0.111. The van der Waals surface area contributed by atoms with E-state index in [4.69, 9.17) is 4.74 Å². The minimum atomic E-state index is -1.20. The minimum absolute atomic E-state index is 0.111. The Morgan fingerprint density at radius 3 is 2.80 bits per heavy atom. The molecule has 0 aliphatic carbocycles. The van der Waals surface area contributed by atoms with Gasteiger partial charge in [0.05, 0.1) is 12.7 Å². The number of carbonyl (C=O) groups excluding carboxylic acids is 2. The van der Waals surface area contributed by atoms with Gasteiger partial charge in [0.25, 0.3) is 0 Å². The summed E-state index contributed by atoms with van der Waals surface area (Å²) in [6.45, 7) is 3.55. The molecule has 0 fully saturated rings. The number of amides is 1. The molecule has 3 N–H and O–H groups in total. The molecular weight excluding hydrogens is 284 g/mol. The molecule has 1 amide bonds. The van der Waals surface area contributed by atoms with Crippen LogP contribution in [0.3, 0.4) is 0 Å². The van der Waals surface area contributed by atoms with Crippen LogP contribution in [0.4, 0.5) is 0 Å². The molecular formula is C12H18N2O5S. The van der Waals surface area contributed by atoms with E-state index in [2.05, 4.69) is 10.3 Å². The van der Waals surface area contributed by atoms with Gasteiger partial charge < -0.3 is 20.3 Å². The van der Waals surface area contributed by atoms with E-state index < -0.39 is 18.2 Å². The Labute approximate surface area is 120 Å². The van der Waals surface area contributed by atoms with Gasteiger partial charge in [0.15, 0.2) is 5.69 Å². The van der Waals surface area contributed by atoms with E-state index in [9.17, 15) is 19.8 Å². The van der Waals surface area contributed by atoms with Gasteiger partial charge >= 0.3 is 5.97 Å². The lowest BCUT2D eigenvalue weighted by atomic mass is 10.1. The van der Waals surface area contributed by atoms with Crippen LogP contribution < -0.4 is 5.32 Å². The van der Waals surface area contributed by atoms with E-state index in [0.717, 1.165) is 11.3 Å². The number of hydrogen-bond acceptors (Lipinski definition) is 7. The number of nitrogens with one attached hydrogen (secondary N) is 1. The largest absolute Gasteiger partial charge is 0.461 e. The summed E-state index contributed by atoms with van der Waals surface area (Å²) in [7, 11) is 0. The second-order valence-electron chi connectivity index (χ2n) is 4.08. The van der Waals surface area contributed by atoms with Gasteiger partial charge in [-0.3, -0.25) is 4.79 Å². The Morgan fingerprint density at radius 1 is 1.50 bits per heavy atom. The van der Waals surface area contributed by atoms with Gasteiger partial charge in [-0.1, -0.05) is 0 Å². The van der Waals surface area contributed by atoms with Crippen molar-refractivity contribution < 1.29 is 24.5 Å². The molecule has 20 heavy (non-hydrogen) atoms. The van der Waals surface area contributed by atoms with Gasteiger partial charge in [-0.15, -0.1) is 11.3 Å². The SMILES string of the molecule is CCOC(=O)c1csc(C(O)C(O)CCNC(C)=O)n1. The van der Waals surface area contributed by atoms with Gasteiger partial charge in [0.2, 0.25) is 5.91 Å². The van der Waals surface area contributed by atoms with E-state index in [0.29, 0.717) is 0 Å². The average Bonchev–Trinajstić information content (AvgIpc) is 2.87. The first-order valence-corrected chi connectivity index (χ1v) is 7.06. The molecule has 0 radical (unpaired) electrons. The zero-order valence-corrected chi connectivity index (χ0v) is 12.1. The molecule has 0 bridgehead atoms. The number of thiazole rings is 1. The Balaban J connectivity index is 2.56. The third-order valence-corrected chi connectivity index (χ3v) is 3.35. The maximum Gasteiger partial charge on any atom is 0.357 e. The Morgan fingerprint density at radius 2 is 2.20 bits per heavy atom. The van der Waals surface area contributed by atoms with E-state index in [1.54, 1.807) is 6.92 Å². The lowest BCUT2D eigenvalue weighted by Crippen LogP contribution is -2.27. The number of esters is 1. The molecule has 7 nitrogen and oxygen atoms in total. The molecule has 1 heterocycles. The second kappa shape index (κ2) is 7.93. The molecule has 0 aliphatic rings. The fourth-order valence-electron chi connectivity index (χ4n) is 1.44. The van der Waals surface area contributed by atoms with Crippen molar-refractivity contribution >= 4 is 23.2 Å². The zero-order chi connectivity index (χ0) is 15.1. The third-order valence-electron chi connectivity index (χ3n) is 2.44. The number of aromatic nitrogens is 1. The number of aliphatic hydroxyl groups is 2. The summed E-state index contributed by atoms with van der Waals surface area (Å²) in [5.74, 6) is -0.763. The molecule has 0 aromatic carbocycles. The van der Waals surface area contributed by atoms with E-state index in [1.165, 1.54) is 12.3 Å². The summed E-state index contributed by atoms with van der Waals surface area (Å²) in [5, 5.41) is 23.9. The topological polar surface area (TPSA) is 109 Å². The predicted octanol–water partition coefficient (Wildman–Crippen LogP) is 0.240. The number of aliphatic hydroxyl groups excluding tert-OH is 2. The monoisotopic (exact) mass is 302 g/mol. The maximum atomic E-state index is 11.4. The van der Waals surface area contributed by atoms with Crippen LogP contribution in [-0.4, -0.2) is 46.3 Å². The molecule has 0 saturated heterocycles. The fourth-order valence-corrected chi connectivity index (χ4v) is 2.27. The molecule has 0 aliphatic heterocycles. The summed E-state index contributed by atoms with van der Waals surface area (Å²) in [6, 6.07) is 0. The first-order valence-electron chi connectivity index (χ1n) is 6.18. The number of nitrogens with zero attached hydrogens (tertiary/aromatic N) is 1. The highest BCUT2D eigenvalue weighted by molar-refractivity contribution is 7.09. The molecule has 0 spiro atoms. The smallest absolute Gasteiger partial charge is 0.357 e. The van der Waals surface area contributed by atoms with E-state index in [1.807, 2.05) is 0 Å². The van der Waals surface area contributed by atoms with Crippen LogP contribution in [-0.2, 0) is 9.53 Å². The van der Waals surface area contributed by atoms with Crippen molar-refractivity contribution in [3.05, 3.63) is 16.1 Å². The molecule has 0 saturated carbocycles. The standard InChI is InChI=1S/C12H18N2O5S/c1-3-19-12(18)8-6-20-11(14-8)10(17)9(16)4-5-13-7(2)15/h6,9-10,16-17H,3-5H2,1-2H3,(H,13,15). The quantitative estimate of drug-likeness (QED) is 0.623. The normalized spacial score (nSPS) is 13.6. The zero-order valence-electron chi connectivity index (χ0n) is 11.3. The highest BCUT2D eigenvalue weighted by atomic mass is 32.1. The maximum absolute atomic E-state index is 11.4. The lowest BCUT2D eigenvalue weighted by Gasteiger charge is -2.15. The Bertz CT molecular complexity index is 462. The first-order chi connectivity index (χ1) is 9.45. The summed E-state index contributed by atoms with van der Waals surface area (Å²) in [4.78, 5) is 26.1. The first kappa shape index (κ1) is 16.5. The van der Waals surface area contributed by atoms with Crippen LogP contribution in [0.25, 0.3) is 0 Å². The fraction of sp³-hybridized carbons (Fsp3) is 0.583. The highest BCUT2D eigenvalue weighted by Crippen LogP contribution is 2.23. The molecule has 1 aromatic rings. The molecule has 1 aromatic heterocycles. The van der Waals surface area contributed by atoms with E-state index >= 15 is 0 Å². The van der Waals surface area contributed by atoms with Crippen molar-refractivity contribution in [2.24, 2.45) is 0 Å². The van der Waals surface area contributed by atoms with Crippen LogP contribution in [0.2, 0.25) is 0 Å². The summed E-state index contributed by atoms with van der Waals surface area (Å²) < 4.78 is 4.79. The second-order valence-corrected chi connectivity index (χ2v) is 4.96. The van der Waals surface area contributed by atoms with Crippen LogP contribution in [0.15, 0.2) is 5.38 Å². The van der Waals surface area contributed by atoms with Gasteiger partial charge in [-0.2, -0.15) is 0 Å². The van der Waals surface area contributed by atoms with Crippen LogP contribution >= 0.6 is 11.3 Å². The number of carbonyl (C=O) groups is 2. The summed E-state index contributed by atoms with van der Waals surface area (Å²) in [6.07, 6.45) is -2.07. The van der Waals surface area contributed by atoms with Crippen molar-refractivity contribution in [1.82, 2.24) is 10.3 Å². The van der Waals surface area contributed by atoms with Gasteiger partial charge in [-0.05, 0) is 13.3 Å². The Hall–Kier alpha value is -1.51. The van der Waals surface area contributed by atoms with Crippen LogP contribution in [0.1, 0.15) is 41.9 Å². The molecule has 2 atom stereocenters. The van der Waals surface area contributed by atoms with Crippen LogP contribution in [0.5, 0.6) is 0 Å². The van der Waals surface area contributed by atoms with E-state index in [-0.39, 0.29) is 36.2 Å². The predicted molar refractivity (Wildman–Crippen MR) is 72.3 cm³/mol.